The minimum atomic E-state index is -0.452. The van der Waals surface area contributed by atoms with E-state index in [9.17, 15) is 9.18 Å². The number of nitrogen functional groups attached to an aromatic ring is 1. The summed E-state index contributed by atoms with van der Waals surface area (Å²) in [5, 5.41) is 0. The number of ketones is 1. The third-order valence-corrected chi connectivity index (χ3v) is 3.42. The number of hydrogen-bond donors (Lipinski definition) is 1. The van der Waals surface area contributed by atoms with E-state index in [1.54, 1.807) is 13.0 Å². The van der Waals surface area contributed by atoms with Gasteiger partial charge in [0.25, 0.3) is 0 Å². The highest BCUT2D eigenvalue weighted by molar-refractivity contribution is 6.09. The third kappa shape index (κ3) is 2.50. The summed E-state index contributed by atoms with van der Waals surface area (Å²) in [6.45, 7) is 5.51. The number of nitrogens with two attached hydrogens (primary N) is 1. The molecule has 0 aliphatic heterocycles. The second-order valence-corrected chi connectivity index (χ2v) is 4.80. The summed E-state index contributed by atoms with van der Waals surface area (Å²) in [6.07, 6.45) is 0. The minimum absolute atomic E-state index is 0.214. The van der Waals surface area contributed by atoms with Gasteiger partial charge < -0.3 is 5.73 Å². The van der Waals surface area contributed by atoms with Gasteiger partial charge in [-0.1, -0.05) is 12.1 Å². The Kier molecular flexibility index (Phi) is 3.38. The van der Waals surface area contributed by atoms with E-state index in [-0.39, 0.29) is 11.3 Å². The van der Waals surface area contributed by atoms with Crippen LogP contribution in [-0.2, 0) is 0 Å². The first-order valence-electron chi connectivity index (χ1n) is 6.07. The van der Waals surface area contributed by atoms with Gasteiger partial charge in [-0.25, -0.2) is 4.39 Å². The van der Waals surface area contributed by atoms with E-state index in [1.807, 2.05) is 26.0 Å². The van der Waals surface area contributed by atoms with Crippen molar-refractivity contribution < 1.29 is 9.18 Å². The number of carbonyl (C=O) groups excluding carboxylic acids is 1. The Morgan fingerprint density at radius 1 is 1.00 bits per heavy atom. The van der Waals surface area contributed by atoms with Crippen molar-refractivity contribution in [3.05, 3.63) is 64.0 Å². The maximum absolute atomic E-state index is 13.6. The lowest BCUT2D eigenvalue weighted by atomic mass is 9.98. The average molecular weight is 257 g/mol. The van der Waals surface area contributed by atoms with Crippen LogP contribution in [0.1, 0.15) is 32.6 Å². The Morgan fingerprint density at radius 3 is 2.26 bits per heavy atom. The highest BCUT2D eigenvalue weighted by Gasteiger charge is 2.13. The largest absolute Gasteiger partial charge is 0.398 e. The number of hydrogen-bond acceptors (Lipinski definition) is 2. The Morgan fingerprint density at radius 2 is 1.68 bits per heavy atom. The standard InChI is InChI=1S/C16H16FNO/c1-9-4-5-12(6-10(9)2)16(19)13-7-14(17)11(3)15(18)8-13/h4-8H,18H2,1-3H3. The minimum Gasteiger partial charge on any atom is -0.398 e. The van der Waals surface area contributed by atoms with Gasteiger partial charge in [0, 0.05) is 22.4 Å². The molecule has 0 spiro atoms. The van der Waals surface area contributed by atoms with Gasteiger partial charge in [0.15, 0.2) is 5.78 Å². The zero-order valence-corrected chi connectivity index (χ0v) is 11.3. The fourth-order valence-corrected chi connectivity index (χ4v) is 1.88. The molecule has 2 aromatic rings. The number of aryl methyl sites for hydroxylation is 2. The molecular weight excluding hydrogens is 241 g/mol. The molecule has 98 valence electrons. The van der Waals surface area contributed by atoms with E-state index in [0.717, 1.165) is 11.1 Å². The number of rotatable bonds is 2. The van der Waals surface area contributed by atoms with Gasteiger partial charge in [0.05, 0.1) is 0 Å². The van der Waals surface area contributed by atoms with Crippen LogP contribution < -0.4 is 5.73 Å². The van der Waals surface area contributed by atoms with Crippen LogP contribution in [-0.4, -0.2) is 5.78 Å². The highest BCUT2D eigenvalue weighted by atomic mass is 19.1. The van der Waals surface area contributed by atoms with Gasteiger partial charge >= 0.3 is 0 Å². The SMILES string of the molecule is Cc1ccc(C(=O)c2cc(N)c(C)c(F)c2)cc1C. The summed E-state index contributed by atoms with van der Waals surface area (Å²) in [6, 6.07) is 8.21. The Labute approximate surface area is 112 Å². The van der Waals surface area contributed by atoms with Crippen LogP contribution in [0.3, 0.4) is 0 Å². The van der Waals surface area contributed by atoms with Crippen molar-refractivity contribution in [2.24, 2.45) is 0 Å². The van der Waals surface area contributed by atoms with E-state index in [2.05, 4.69) is 0 Å². The Hall–Kier alpha value is -2.16. The predicted molar refractivity (Wildman–Crippen MR) is 74.9 cm³/mol. The molecule has 0 aromatic heterocycles. The molecule has 19 heavy (non-hydrogen) atoms. The summed E-state index contributed by atoms with van der Waals surface area (Å²) in [5.74, 6) is -0.666. The smallest absolute Gasteiger partial charge is 0.193 e. The average Bonchev–Trinajstić information content (AvgIpc) is 2.37. The van der Waals surface area contributed by atoms with Crippen molar-refractivity contribution in [1.29, 1.82) is 0 Å². The van der Waals surface area contributed by atoms with Crippen molar-refractivity contribution in [3.8, 4) is 0 Å². The van der Waals surface area contributed by atoms with Crippen molar-refractivity contribution >= 4 is 11.5 Å². The molecule has 0 atom stereocenters. The summed E-state index contributed by atoms with van der Waals surface area (Å²) in [5.41, 5.74) is 9.35. The van der Waals surface area contributed by atoms with E-state index >= 15 is 0 Å². The number of benzene rings is 2. The van der Waals surface area contributed by atoms with Crippen LogP contribution >= 0.6 is 0 Å². The zero-order valence-electron chi connectivity index (χ0n) is 11.3. The quantitative estimate of drug-likeness (QED) is 0.660. The molecule has 0 aliphatic rings. The van der Waals surface area contributed by atoms with Gasteiger partial charge in [0.1, 0.15) is 5.82 Å². The first kappa shape index (κ1) is 13.3. The third-order valence-electron chi connectivity index (χ3n) is 3.42. The maximum atomic E-state index is 13.6. The van der Waals surface area contributed by atoms with E-state index in [4.69, 9.17) is 5.73 Å². The Balaban J connectivity index is 2.47. The van der Waals surface area contributed by atoms with Crippen LogP contribution in [0.2, 0.25) is 0 Å². The first-order chi connectivity index (χ1) is 8.90. The number of carbonyl (C=O) groups is 1. The lowest BCUT2D eigenvalue weighted by Gasteiger charge is -2.08. The maximum Gasteiger partial charge on any atom is 0.193 e. The fourth-order valence-electron chi connectivity index (χ4n) is 1.88. The van der Waals surface area contributed by atoms with Crippen LogP contribution in [0.15, 0.2) is 30.3 Å². The monoisotopic (exact) mass is 257 g/mol. The molecule has 2 nitrogen and oxygen atoms in total. The molecular formula is C16H16FNO. The molecule has 2 N–H and O–H groups in total. The van der Waals surface area contributed by atoms with Gasteiger partial charge in [-0.05, 0) is 50.1 Å². The molecule has 0 saturated heterocycles. The molecule has 0 aliphatic carbocycles. The number of halogens is 1. The molecule has 0 unspecified atom stereocenters. The molecule has 3 heteroatoms. The van der Waals surface area contributed by atoms with Crippen molar-refractivity contribution in [3.63, 3.8) is 0 Å². The van der Waals surface area contributed by atoms with Crippen LogP contribution in [0.4, 0.5) is 10.1 Å². The summed E-state index contributed by atoms with van der Waals surface area (Å²) >= 11 is 0. The van der Waals surface area contributed by atoms with E-state index in [1.165, 1.54) is 12.1 Å². The molecule has 0 fully saturated rings. The molecule has 0 amide bonds. The van der Waals surface area contributed by atoms with Crippen LogP contribution in [0.25, 0.3) is 0 Å². The topological polar surface area (TPSA) is 43.1 Å². The summed E-state index contributed by atoms with van der Waals surface area (Å²) in [7, 11) is 0. The first-order valence-corrected chi connectivity index (χ1v) is 6.07. The van der Waals surface area contributed by atoms with Crippen molar-refractivity contribution in [2.45, 2.75) is 20.8 Å². The van der Waals surface area contributed by atoms with Gasteiger partial charge in [0.2, 0.25) is 0 Å². The normalized spacial score (nSPS) is 10.5. The molecule has 0 heterocycles. The van der Waals surface area contributed by atoms with Crippen LogP contribution in [0, 0.1) is 26.6 Å². The predicted octanol–water partition coefficient (Wildman–Crippen LogP) is 3.56. The molecule has 2 rings (SSSR count). The lowest BCUT2D eigenvalue weighted by molar-refractivity contribution is 0.103. The van der Waals surface area contributed by atoms with Crippen LogP contribution in [0.5, 0.6) is 0 Å². The lowest BCUT2D eigenvalue weighted by Crippen LogP contribution is -2.05. The second-order valence-electron chi connectivity index (χ2n) is 4.80. The molecule has 0 bridgehead atoms. The van der Waals surface area contributed by atoms with Crippen molar-refractivity contribution in [1.82, 2.24) is 0 Å². The zero-order chi connectivity index (χ0) is 14.2. The highest BCUT2D eigenvalue weighted by Crippen LogP contribution is 2.21. The molecule has 0 radical (unpaired) electrons. The van der Waals surface area contributed by atoms with E-state index in [0.29, 0.717) is 16.8 Å². The summed E-state index contributed by atoms with van der Waals surface area (Å²) in [4.78, 5) is 12.3. The molecule has 0 saturated carbocycles. The Bertz CT molecular complexity index is 639. The number of anilines is 1. The van der Waals surface area contributed by atoms with Crippen molar-refractivity contribution in [2.75, 3.05) is 5.73 Å². The van der Waals surface area contributed by atoms with E-state index < -0.39 is 5.82 Å². The summed E-state index contributed by atoms with van der Waals surface area (Å²) < 4.78 is 13.6. The second kappa shape index (κ2) is 4.84. The van der Waals surface area contributed by atoms with Gasteiger partial charge in [-0.15, -0.1) is 0 Å². The molecule has 2 aromatic carbocycles. The van der Waals surface area contributed by atoms with Gasteiger partial charge in [-0.2, -0.15) is 0 Å². The van der Waals surface area contributed by atoms with Gasteiger partial charge in [-0.3, -0.25) is 4.79 Å². The fraction of sp³-hybridized carbons (Fsp3) is 0.188.